The summed E-state index contributed by atoms with van der Waals surface area (Å²) in [6, 6.07) is 5.03. The molecular formula is C11H14BrFN2. The first kappa shape index (κ1) is 11.0. The van der Waals surface area contributed by atoms with Crippen LogP contribution in [0.25, 0.3) is 0 Å². The van der Waals surface area contributed by atoms with Crippen LogP contribution in [0.4, 0.5) is 4.39 Å². The van der Waals surface area contributed by atoms with Crippen LogP contribution < -0.4 is 10.6 Å². The van der Waals surface area contributed by atoms with E-state index in [1.54, 1.807) is 6.07 Å². The third-order valence-corrected chi connectivity index (χ3v) is 3.12. The summed E-state index contributed by atoms with van der Waals surface area (Å²) in [6.07, 6.45) is 0. The molecule has 82 valence electrons. The second-order valence-corrected chi connectivity index (χ2v) is 4.81. The highest BCUT2D eigenvalue weighted by Crippen LogP contribution is 2.15. The van der Waals surface area contributed by atoms with Crippen molar-refractivity contribution in [1.82, 2.24) is 10.6 Å². The third-order valence-electron chi connectivity index (χ3n) is 2.62. The van der Waals surface area contributed by atoms with E-state index in [1.165, 1.54) is 6.07 Å². The van der Waals surface area contributed by atoms with E-state index < -0.39 is 0 Å². The van der Waals surface area contributed by atoms with Crippen LogP contribution in [0.15, 0.2) is 22.7 Å². The van der Waals surface area contributed by atoms with Crippen molar-refractivity contribution in [2.45, 2.75) is 6.54 Å². The maximum Gasteiger partial charge on any atom is 0.127 e. The number of benzene rings is 1. The maximum atomic E-state index is 13.3. The van der Waals surface area contributed by atoms with Crippen LogP contribution in [-0.4, -0.2) is 19.6 Å². The highest BCUT2D eigenvalue weighted by Gasteiger charge is 2.15. The lowest BCUT2D eigenvalue weighted by molar-refractivity contribution is 0.330. The van der Waals surface area contributed by atoms with Gasteiger partial charge >= 0.3 is 0 Å². The van der Waals surface area contributed by atoms with Gasteiger partial charge in [-0.1, -0.05) is 15.9 Å². The molecule has 0 bridgehead atoms. The fourth-order valence-electron chi connectivity index (χ4n) is 1.58. The molecule has 1 fully saturated rings. The Morgan fingerprint density at radius 1 is 1.47 bits per heavy atom. The van der Waals surface area contributed by atoms with Gasteiger partial charge in [-0.15, -0.1) is 0 Å². The number of hydrogen-bond acceptors (Lipinski definition) is 2. The molecule has 1 aromatic rings. The number of hydrogen-bond donors (Lipinski definition) is 2. The first-order valence-electron chi connectivity index (χ1n) is 5.11. The van der Waals surface area contributed by atoms with Crippen molar-refractivity contribution >= 4 is 15.9 Å². The first-order valence-corrected chi connectivity index (χ1v) is 5.90. The van der Waals surface area contributed by atoms with Crippen molar-refractivity contribution in [2.75, 3.05) is 19.6 Å². The maximum absolute atomic E-state index is 13.3. The molecule has 1 aromatic carbocycles. The van der Waals surface area contributed by atoms with E-state index in [-0.39, 0.29) is 5.82 Å². The van der Waals surface area contributed by atoms with E-state index in [0.29, 0.717) is 12.5 Å². The molecule has 0 radical (unpaired) electrons. The summed E-state index contributed by atoms with van der Waals surface area (Å²) in [7, 11) is 0. The zero-order valence-electron chi connectivity index (χ0n) is 8.39. The SMILES string of the molecule is Fc1ccc(Br)cc1CNCC1CNC1. The standard InChI is InChI=1S/C11H14BrFN2/c12-10-1-2-11(13)9(3-10)7-15-6-8-4-14-5-8/h1-3,8,14-15H,4-7H2. The minimum atomic E-state index is -0.141. The molecule has 0 aromatic heterocycles. The van der Waals surface area contributed by atoms with Gasteiger partial charge in [0.15, 0.2) is 0 Å². The Balaban J connectivity index is 1.83. The lowest BCUT2D eigenvalue weighted by Gasteiger charge is -2.27. The molecule has 0 spiro atoms. The highest BCUT2D eigenvalue weighted by atomic mass is 79.9. The van der Waals surface area contributed by atoms with Crippen LogP contribution >= 0.6 is 15.9 Å². The fourth-order valence-corrected chi connectivity index (χ4v) is 1.99. The largest absolute Gasteiger partial charge is 0.316 e. The van der Waals surface area contributed by atoms with Crippen LogP contribution in [0.1, 0.15) is 5.56 Å². The summed E-state index contributed by atoms with van der Waals surface area (Å²) < 4.78 is 14.2. The van der Waals surface area contributed by atoms with Gasteiger partial charge in [0.05, 0.1) is 0 Å². The molecule has 0 saturated carbocycles. The van der Waals surface area contributed by atoms with E-state index in [0.717, 1.165) is 29.7 Å². The summed E-state index contributed by atoms with van der Waals surface area (Å²) >= 11 is 3.34. The molecule has 0 unspecified atom stereocenters. The van der Waals surface area contributed by atoms with Gasteiger partial charge in [-0.2, -0.15) is 0 Å². The zero-order chi connectivity index (χ0) is 10.7. The Kier molecular flexibility index (Phi) is 3.72. The minimum absolute atomic E-state index is 0.141. The minimum Gasteiger partial charge on any atom is -0.316 e. The molecule has 1 aliphatic rings. The number of rotatable bonds is 4. The molecule has 1 aliphatic heterocycles. The molecule has 1 saturated heterocycles. The normalized spacial score (nSPS) is 16.4. The molecule has 0 aliphatic carbocycles. The van der Waals surface area contributed by atoms with E-state index >= 15 is 0 Å². The Morgan fingerprint density at radius 2 is 2.27 bits per heavy atom. The van der Waals surface area contributed by atoms with Crippen molar-refractivity contribution in [3.8, 4) is 0 Å². The first-order chi connectivity index (χ1) is 7.25. The van der Waals surface area contributed by atoms with Gasteiger partial charge in [-0.05, 0) is 24.1 Å². The Morgan fingerprint density at radius 3 is 2.93 bits per heavy atom. The molecular weight excluding hydrogens is 259 g/mol. The van der Waals surface area contributed by atoms with Crippen molar-refractivity contribution in [3.05, 3.63) is 34.1 Å². The van der Waals surface area contributed by atoms with Crippen LogP contribution in [0.5, 0.6) is 0 Å². The lowest BCUT2D eigenvalue weighted by Crippen LogP contribution is -2.47. The van der Waals surface area contributed by atoms with Crippen LogP contribution in [0.2, 0.25) is 0 Å². The smallest absolute Gasteiger partial charge is 0.127 e. The molecule has 4 heteroatoms. The average molecular weight is 273 g/mol. The highest BCUT2D eigenvalue weighted by molar-refractivity contribution is 9.10. The molecule has 2 nitrogen and oxygen atoms in total. The third kappa shape index (κ3) is 3.00. The van der Waals surface area contributed by atoms with Crippen LogP contribution in [-0.2, 0) is 6.54 Å². The number of halogens is 2. The summed E-state index contributed by atoms with van der Waals surface area (Å²) in [4.78, 5) is 0. The predicted octanol–water partition coefficient (Wildman–Crippen LogP) is 1.90. The van der Waals surface area contributed by atoms with Crippen LogP contribution in [0, 0.1) is 11.7 Å². The second-order valence-electron chi connectivity index (χ2n) is 3.89. The second kappa shape index (κ2) is 5.05. The van der Waals surface area contributed by atoms with Gasteiger partial charge in [-0.25, -0.2) is 4.39 Å². The van der Waals surface area contributed by atoms with E-state index in [1.807, 2.05) is 6.07 Å². The van der Waals surface area contributed by atoms with Gasteiger partial charge in [0.25, 0.3) is 0 Å². The summed E-state index contributed by atoms with van der Waals surface area (Å²) in [6.45, 7) is 3.71. The van der Waals surface area contributed by atoms with E-state index in [4.69, 9.17) is 0 Å². The topological polar surface area (TPSA) is 24.1 Å². The van der Waals surface area contributed by atoms with Gasteiger partial charge < -0.3 is 10.6 Å². The monoisotopic (exact) mass is 272 g/mol. The van der Waals surface area contributed by atoms with Gasteiger partial charge in [0.2, 0.25) is 0 Å². The van der Waals surface area contributed by atoms with Crippen molar-refractivity contribution in [3.63, 3.8) is 0 Å². The molecule has 2 N–H and O–H groups in total. The van der Waals surface area contributed by atoms with Gasteiger partial charge in [0, 0.05) is 36.2 Å². The molecule has 0 atom stereocenters. The van der Waals surface area contributed by atoms with Crippen molar-refractivity contribution in [2.24, 2.45) is 5.92 Å². The van der Waals surface area contributed by atoms with Crippen molar-refractivity contribution in [1.29, 1.82) is 0 Å². The number of nitrogens with one attached hydrogen (secondary N) is 2. The zero-order valence-corrected chi connectivity index (χ0v) is 9.98. The fraction of sp³-hybridized carbons (Fsp3) is 0.455. The van der Waals surface area contributed by atoms with Gasteiger partial charge in [-0.3, -0.25) is 0 Å². The van der Waals surface area contributed by atoms with E-state index in [2.05, 4.69) is 26.6 Å². The van der Waals surface area contributed by atoms with E-state index in [9.17, 15) is 4.39 Å². The molecule has 1 heterocycles. The molecule has 2 rings (SSSR count). The Labute approximate surface area is 97.4 Å². The molecule has 15 heavy (non-hydrogen) atoms. The molecule has 0 amide bonds. The quantitative estimate of drug-likeness (QED) is 0.875. The summed E-state index contributed by atoms with van der Waals surface area (Å²) in [5, 5.41) is 6.48. The Bertz CT molecular complexity index is 339. The predicted molar refractivity (Wildman–Crippen MR) is 62.2 cm³/mol. The van der Waals surface area contributed by atoms with Gasteiger partial charge in [0.1, 0.15) is 5.82 Å². The average Bonchev–Trinajstić information content (AvgIpc) is 2.15. The Hall–Kier alpha value is -0.450. The summed E-state index contributed by atoms with van der Waals surface area (Å²) in [5.41, 5.74) is 0.719. The van der Waals surface area contributed by atoms with Crippen molar-refractivity contribution < 1.29 is 4.39 Å². The lowest BCUT2D eigenvalue weighted by atomic mass is 10.0. The van der Waals surface area contributed by atoms with Crippen LogP contribution in [0.3, 0.4) is 0 Å². The summed E-state index contributed by atoms with van der Waals surface area (Å²) in [5.74, 6) is 0.567.